The second-order valence-corrected chi connectivity index (χ2v) is 11.8. The summed E-state index contributed by atoms with van der Waals surface area (Å²) < 4.78 is 0. The number of phenols is 1. The van der Waals surface area contributed by atoms with Crippen LogP contribution in [0.25, 0.3) is 5.57 Å². The van der Waals surface area contributed by atoms with Crippen LogP contribution in [0.4, 0.5) is 0 Å². The Morgan fingerprint density at radius 1 is 0.833 bits per heavy atom. The maximum absolute atomic E-state index is 14.8. The van der Waals surface area contributed by atoms with E-state index >= 15 is 0 Å². The molecule has 1 heterocycles. The fourth-order valence-electron chi connectivity index (χ4n) is 8.33. The molecule has 0 unspecified atom stereocenters. The number of para-hydroxylation sites is 1. The van der Waals surface area contributed by atoms with Gasteiger partial charge in [0.25, 0.3) is 0 Å². The van der Waals surface area contributed by atoms with E-state index in [1.54, 1.807) is 19.1 Å². The summed E-state index contributed by atoms with van der Waals surface area (Å²) >= 11 is 0. The van der Waals surface area contributed by atoms with Crippen molar-refractivity contribution in [2.24, 2.45) is 23.7 Å². The van der Waals surface area contributed by atoms with Gasteiger partial charge < -0.3 is 5.11 Å². The number of likely N-dealkylation sites (tertiary alicyclic amines) is 1. The lowest BCUT2D eigenvalue weighted by Gasteiger charge is -2.55. The summed E-state index contributed by atoms with van der Waals surface area (Å²) in [5.74, 6) is -3.72. The zero-order chi connectivity index (χ0) is 29.2. The molecule has 4 aliphatic rings. The zero-order valence-corrected chi connectivity index (χ0v) is 23.3. The molecule has 0 spiro atoms. The highest BCUT2D eigenvalue weighted by Crippen LogP contribution is 2.64. The van der Waals surface area contributed by atoms with Crippen molar-refractivity contribution in [1.82, 2.24) is 4.90 Å². The van der Waals surface area contributed by atoms with E-state index in [0.717, 1.165) is 5.57 Å². The number of aromatic hydroxyl groups is 1. The number of carbonyl (C=O) groups is 4. The summed E-state index contributed by atoms with van der Waals surface area (Å²) in [7, 11) is 0. The molecule has 3 aliphatic carbocycles. The topological polar surface area (TPSA) is 91.8 Å². The lowest BCUT2D eigenvalue weighted by molar-refractivity contribution is -0.140. The summed E-state index contributed by atoms with van der Waals surface area (Å²) in [6.07, 6.45) is 4.15. The van der Waals surface area contributed by atoms with E-state index in [4.69, 9.17) is 0 Å². The number of allylic oxidation sites excluding steroid dienone is 4. The van der Waals surface area contributed by atoms with Crippen LogP contribution in [-0.2, 0) is 24.6 Å². The number of ketones is 2. The molecule has 42 heavy (non-hydrogen) atoms. The first-order chi connectivity index (χ1) is 20.4. The normalized spacial score (nSPS) is 30.3. The average molecular weight is 558 g/mol. The van der Waals surface area contributed by atoms with Crippen LogP contribution in [-0.4, -0.2) is 39.9 Å². The van der Waals surface area contributed by atoms with Crippen molar-refractivity contribution in [3.05, 3.63) is 119 Å². The van der Waals surface area contributed by atoms with Gasteiger partial charge in [-0.15, -0.1) is 0 Å². The first kappa shape index (κ1) is 26.3. The van der Waals surface area contributed by atoms with Crippen LogP contribution in [0.1, 0.15) is 42.4 Å². The predicted molar refractivity (Wildman–Crippen MR) is 157 cm³/mol. The summed E-state index contributed by atoms with van der Waals surface area (Å²) in [5, 5.41) is 11.3. The van der Waals surface area contributed by atoms with Crippen LogP contribution in [0.5, 0.6) is 5.75 Å². The SMILES string of the molecule is CCN1C(=O)[C@H]2[C@H](CC=C3[C@H]2C[C@H]2C(=O)C(c4ccccc4)=CC(=O)[C@@]2(c2ccccc2)[C@H]3c2ccccc2O)C1=O. The Balaban J connectivity index is 1.52. The monoisotopic (exact) mass is 557 g/mol. The quantitative estimate of drug-likeness (QED) is 0.350. The second-order valence-electron chi connectivity index (χ2n) is 11.8. The Morgan fingerprint density at radius 2 is 1.50 bits per heavy atom. The molecule has 1 saturated heterocycles. The molecule has 3 aromatic rings. The number of phenolic OH excluding ortho intramolecular Hbond substituents is 1. The van der Waals surface area contributed by atoms with Crippen LogP contribution in [0.3, 0.4) is 0 Å². The lowest BCUT2D eigenvalue weighted by Crippen LogP contribution is -2.58. The van der Waals surface area contributed by atoms with Crippen molar-refractivity contribution >= 4 is 29.0 Å². The molecule has 6 heteroatoms. The van der Waals surface area contributed by atoms with Crippen molar-refractivity contribution in [1.29, 1.82) is 0 Å². The summed E-state index contributed by atoms with van der Waals surface area (Å²) in [6.45, 7) is 2.10. The third-order valence-corrected chi connectivity index (χ3v) is 10.0. The highest BCUT2D eigenvalue weighted by molar-refractivity contribution is 6.31. The number of hydrogen-bond acceptors (Lipinski definition) is 5. The number of carbonyl (C=O) groups excluding carboxylic acids is 4. The number of fused-ring (bicyclic) bond motifs is 4. The standard InChI is InChI=1S/C36H31NO5/c1-2-37-34(41)25-18-17-23-27(31(25)35(37)42)19-28-33(40)26(21-11-5-3-6-12-21)20-30(39)36(28,22-13-7-4-8-14-22)32(23)24-15-9-10-16-29(24)38/h3-17,20,25,27-28,31-32,38H,2,18-19H2,1H3/t25-,27+,28-,31-,32+,36-/m0/s1. The molecule has 1 N–H and O–H groups in total. The number of amides is 2. The van der Waals surface area contributed by atoms with Crippen molar-refractivity contribution in [3.8, 4) is 5.75 Å². The van der Waals surface area contributed by atoms with Crippen LogP contribution >= 0.6 is 0 Å². The molecule has 2 amide bonds. The highest BCUT2D eigenvalue weighted by Gasteiger charge is 2.66. The molecule has 1 saturated carbocycles. The Kier molecular flexibility index (Phi) is 6.12. The minimum atomic E-state index is -1.33. The number of rotatable bonds is 4. The summed E-state index contributed by atoms with van der Waals surface area (Å²) in [6, 6.07) is 25.6. The van der Waals surface area contributed by atoms with Gasteiger partial charge in [0.1, 0.15) is 5.75 Å². The predicted octanol–water partition coefficient (Wildman–Crippen LogP) is 5.24. The van der Waals surface area contributed by atoms with Crippen LogP contribution in [0, 0.1) is 23.7 Å². The molecule has 210 valence electrons. The molecule has 2 fully saturated rings. The van der Waals surface area contributed by atoms with E-state index in [-0.39, 0.29) is 35.6 Å². The van der Waals surface area contributed by atoms with Crippen LogP contribution in [0.15, 0.2) is 103 Å². The van der Waals surface area contributed by atoms with Gasteiger partial charge in [-0.1, -0.05) is 90.5 Å². The zero-order valence-electron chi connectivity index (χ0n) is 23.3. The Bertz CT molecular complexity index is 1690. The van der Waals surface area contributed by atoms with Gasteiger partial charge in [-0.25, -0.2) is 0 Å². The van der Waals surface area contributed by atoms with E-state index in [2.05, 4.69) is 0 Å². The first-order valence-corrected chi connectivity index (χ1v) is 14.6. The van der Waals surface area contributed by atoms with Crippen molar-refractivity contribution in [2.75, 3.05) is 6.54 Å². The van der Waals surface area contributed by atoms with Gasteiger partial charge in [-0.05, 0) is 49.0 Å². The average Bonchev–Trinajstić information content (AvgIpc) is 3.27. The largest absolute Gasteiger partial charge is 0.508 e. The molecule has 6 atom stereocenters. The molecular weight excluding hydrogens is 526 g/mol. The number of Topliss-reactive ketones (excluding diaryl/α,β-unsaturated/α-hetero) is 1. The first-order valence-electron chi connectivity index (χ1n) is 14.6. The fourth-order valence-corrected chi connectivity index (χ4v) is 8.33. The van der Waals surface area contributed by atoms with Crippen molar-refractivity contribution in [3.63, 3.8) is 0 Å². The molecule has 0 radical (unpaired) electrons. The number of hydrogen-bond donors (Lipinski definition) is 1. The Labute approximate surface area is 244 Å². The minimum Gasteiger partial charge on any atom is -0.508 e. The maximum atomic E-state index is 14.8. The molecule has 0 bridgehead atoms. The molecule has 1 aliphatic heterocycles. The number of benzene rings is 3. The van der Waals surface area contributed by atoms with Gasteiger partial charge in [-0.3, -0.25) is 24.1 Å². The van der Waals surface area contributed by atoms with Crippen LogP contribution < -0.4 is 0 Å². The van der Waals surface area contributed by atoms with Gasteiger partial charge >= 0.3 is 0 Å². The number of imide groups is 1. The smallest absolute Gasteiger partial charge is 0.233 e. The third kappa shape index (κ3) is 3.50. The van der Waals surface area contributed by atoms with Gasteiger partial charge in [0.05, 0.1) is 17.3 Å². The third-order valence-electron chi connectivity index (χ3n) is 10.0. The van der Waals surface area contributed by atoms with Gasteiger partial charge in [0.15, 0.2) is 11.6 Å². The molecular formula is C36H31NO5. The summed E-state index contributed by atoms with van der Waals surface area (Å²) in [5.41, 5.74) is 1.80. The molecule has 3 aromatic carbocycles. The minimum absolute atomic E-state index is 0.0299. The molecule has 0 aromatic heterocycles. The number of nitrogens with zero attached hydrogens (tertiary/aromatic N) is 1. The van der Waals surface area contributed by atoms with Crippen LogP contribution in [0.2, 0.25) is 0 Å². The highest BCUT2D eigenvalue weighted by atomic mass is 16.3. The van der Waals surface area contributed by atoms with Gasteiger partial charge in [-0.2, -0.15) is 0 Å². The van der Waals surface area contributed by atoms with Crippen molar-refractivity contribution in [2.45, 2.75) is 31.1 Å². The lowest BCUT2D eigenvalue weighted by atomic mass is 9.44. The van der Waals surface area contributed by atoms with Crippen molar-refractivity contribution < 1.29 is 24.3 Å². The molecule has 6 nitrogen and oxygen atoms in total. The van der Waals surface area contributed by atoms with E-state index in [9.17, 15) is 24.3 Å². The summed E-state index contributed by atoms with van der Waals surface area (Å²) in [4.78, 5) is 57.9. The maximum Gasteiger partial charge on any atom is 0.233 e. The molecule has 7 rings (SSSR count). The Hall–Kier alpha value is -4.58. The van der Waals surface area contributed by atoms with E-state index in [1.165, 1.54) is 11.0 Å². The van der Waals surface area contributed by atoms with Gasteiger partial charge in [0, 0.05) is 29.5 Å². The second kappa shape index (κ2) is 9.76. The van der Waals surface area contributed by atoms with E-state index in [0.29, 0.717) is 35.2 Å². The van der Waals surface area contributed by atoms with E-state index in [1.807, 2.05) is 78.9 Å². The fraction of sp³-hybridized carbons (Fsp3) is 0.278. The Morgan fingerprint density at radius 3 is 2.19 bits per heavy atom. The van der Waals surface area contributed by atoms with Gasteiger partial charge in [0.2, 0.25) is 11.8 Å². The van der Waals surface area contributed by atoms with E-state index < -0.39 is 35.0 Å².